The lowest BCUT2D eigenvalue weighted by atomic mass is 10.2. The predicted molar refractivity (Wildman–Crippen MR) is 76.4 cm³/mol. The highest BCUT2D eigenvalue weighted by atomic mass is 19.1. The number of benzene rings is 2. The van der Waals surface area contributed by atoms with Crippen molar-refractivity contribution in [3.05, 3.63) is 60.2 Å². The van der Waals surface area contributed by atoms with E-state index < -0.39 is 0 Å². The van der Waals surface area contributed by atoms with Gasteiger partial charge < -0.3 is 4.42 Å². The van der Waals surface area contributed by atoms with Crippen LogP contribution in [0.2, 0.25) is 0 Å². The molecule has 0 fully saturated rings. The number of halogens is 2. The summed E-state index contributed by atoms with van der Waals surface area (Å²) in [6.45, 7) is 4.00. The van der Waals surface area contributed by atoms with Crippen molar-refractivity contribution in [3.63, 3.8) is 0 Å². The van der Waals surface area contributed by atoms with Gasteiger partial charge in [-0.25, -0.2) is 8.78 Å². The van der Waals surface area contributed by atoms with Crippen LogP contribution in [0.3, 0.4) is 0 Å². The zero-order valence-electron chi connectivity index (χ0n) is 11.7. The summed E-state index contributed by atoms with van der Waals surface area (Å²) in [4.78, 5) is 0. The van der Waals surface area contributed by atoms with E-state index >= 15 is 0 Å². The van der Waals surface area contributed by atoms with Gasteiger partial charge >= 0.3 is 0 Å². The Morgan fingerprint density at radius 3 is 1.33 bits per heavy atom. The molecule has 2 aromatic carbocycles. The maximum atomic E-state index is 12.8. The minimum atomic E-state index is -0.331. The zero-order chi connectivity index (χ0) is 15.2. The third-order valence-corrected chi connectivity index (χ3v) is 2.61. The fraction of sp³-hybridized carbons (Fsp3) is 0.125. The maximum Gasteiger partial charge on any atom is 0.248 e. The van der Waals surface area contributed by atoms with Crippen LogP contribution in [0.5, 0.6) is 0 Å². The van der Waals surface area contributed by atoms with Crippen molar-refractivity contribution < 1.29 is 13.2 Å². The van der Waals surface area contributed by atoms with E-state index in [-0.39, 0.29) is 11.6 Å². The molecular weight excluding hydrogens is 274 g/mol. The van der Waals surface area contributed by atoms with E-state index in [2.05, 4.69) is 10.2 Å². The van der Waals surface area contributed by atoms with Gasteiger partial charge in [0.15, 0.2) is 0 Å². The molecule has 0 aliphatic heterocycles. The molecule has 0 aliphatic rings. The van der Waals surface area contributed by atoms with Gasteiger partial charge in [-0.1, -0.05) is 13.8 Å². The smallest absolute Gasteiger partial charge is 0.248 e. The number of hydrogen-bond acceptors (Lipinski definition) is 3. The molecule has 1 heterocycles. The highest BCUT2D eigenvalue weighted by Crippen LogP contribution is 2.23. The minimum Gasteiger partial charge on any atom is -0.416 e. The normalized spacial score (nSPS) is 9.90. The summed E-state index contributed by atoms with van der Waals surface area (Å²) >= 11 is 0. The molecule has 21 heavy (non-hydrogen) atoms. The summed E-state index contributed by atoms with van der Waals surface area (Å²) in [7, 11) is 0. The minimum absolute atomic E-state index is 0.291. The molecule has 3 aromatic rings. The van der Waals surface area contributed by atoms with Crippen LogP contribution in [-0.4, -0.2) is 10.2 Å². The maximum absolute atomic E-state index is 12.8. The number of aromatic nitrogens is 2. The molecular formula is C16H14F2N2O. The van der Waals surface area contributed by atoms with Gasteiger partial charge in [0.05, 0.1) is 0 Å². The summed E-state index contributed by atoms with van der Waals surface area (Å²) in [5.74, 6) is -0.0808. The highest BCUT2D eigenvalue weighted by molar-refractivity contribution is 5.57. The molecule has 108 valence electrons. The first-order valence-corrected chi connectivity index (χ1v) is 6.58. The van der Waals surface area contributed by atoms with E-state index in [4.69, 9.17) is 4.42 Å². The Morgan fingerprint density at radius 2 is 1.00 bits per heavy atom. The largest absolute Gasteiger partial charge is 0.416 e. The molecule has 3 nitrogen and oxygen atoms in total. The lowest BCUT2D eigenvalue weighted by Crippen LogP contribution is -1.78. The molecule has 1 aromatic heterocycles. The molecule has 0 unspecified atom stereocenters. The monoisotopic (exact) mass is 288 g/mol. The summed E-state index contributed by atoms with van der Waals surface area (Å²) in [5.41, 5.74) is 1.25. The van der Waals surface area contributed by atoms with Gasteiger partial charge in [-0.05, 0) is 48.5 Å². The fourth-order valence-electron chi connectivity index (χ4n) is 1.64. The average Bonchev–Trinajstić information content (AvgIpc) is 3.01. The Morgan fingerprint density at radius 1 is 0.667 bits per heavy atom. The van der Waals surface area contributed by atoms with Crippen molar-refractivity contribution in [2.24, 2.45) is 0 Å². The third-order valence-electron chi connectivity index (χ3n) is 2.61. The molecule has 0 spiro atoms. The first-order valence-electron chi connectivity index (χ1n) is 6.58. The van der Waals surface area contributed by atoms with Crippen LogP contribution in [0.15, 0.2) is 52.9 Å². The van der Waals surface area contributed by atoms with E-state index in [9.17, 15) is 8.78 Å². The second kappa shape index (κ2) is 6.74. The molecule has 0 aliphatic carbocycles. The van der Waals surface area contributed by atoms with E-state index in [1.165, 1.54) is 24.3 Å². The molecule has 5 heteroatoms. The average molecular weight is 288 g/mol. The van der Waals surface area contributed by atoms with Gasteiger partial charge in [0.25, 0.3) is 0 Å². The van der Waals surface area contributed by atoms with Gasteiger partial charge in [-0.15, -0.1) is 10.2 Å². The molecule has 0 saturated carbocycles. The Balaban J connectivity index is 0.000000774. The molecule has 0 atom stereocenters. The van der Waals surface area contributed by atoms with E-state index in [0.29, 0.717) is 22.9 Å². The van der Waals surface area contributed by atoms with Gasteiger partial charge in [0.1, 0.15) is 11.6 Å². The Hall–Kier alpha value is -2.56. The molecule has 0 radical (unpaired) electrons. The van der Waals surface area contributed by atoms with Crippen LogP contribution >= 0.6 is 0 Å². The SMILES string of the molecule is CC.Fc1ccc(-c2nnc(-c3ccc(F)cc3)o2)cc1. The number of hydrogen-bond donors (Lipinski definition) is 0. The second-order valence-corrected chi connectivity index (χ2v) is 3.93. The zero-order valence-corrected chi connectivity index (χ0v) is 11.7. The number of nitrogens with zero attached hydrogens (tertiary/aromatic N) is 2. The first-order chi connectivity index (χ1) is 10.2. The third kappa shape index (κ3) is 3.51. The van der Waals surface area contributed by atoms with Crippen LogP contribution < -0.4 is 0 Å². The standard InChI is InChI=1S/C14H8F2N2O.C2H6/c15-11-5-1-9(2-6-11)13-17-18-14(19-13)10-3-7-12(16)8-4-10;1-2/h1-8H;1-2H3. The van der Waals surface area contributed by atoms with Crippen LogP contribution in [0, 0.1) is 11.6 Å². The Kier molecular flexibility index (Phi) is 4.77. The van der Waals surface area contributed by atoms with Gasteiger partial charge in [0.2, 0.25) is 11.8 Å². The molecule has 0 saturated heterocycles. The van der Waals surface area contributed by atoms with Crippen molar-refractivity contribution in [2.45, 2.75) is 13.8 Å². The fourth-order valence-corrected chi connectivity index (χ4v) is 1.64. The van der Waals surface area contributed by atoms with Crippen LogP contribution in [-0.2, 0) is 0 Å². The summed E-state index contributed by atoms with van der Waals surface area (Å²) in [6, 6.07) is 11.5. The number of rotatable bonds is 2. The molecule has 0 bridgehead atoms. The van der Waals surface area contributed by atoms with Crippen molar-refractivity contribution in [1.82, 2.24) is 10.2 Å². The predicted octanol–water partition coefficient (Wildman–Crippen LogP) is 4.71. The Bertz CT molecular complexity index is 631. The summed E-state index contributed by atoms with van der Waals surface area (Å²) in [5, 5.41) is 7.76. The van der Waals surface area contributed by atoms with E-state index in [1.807, 2.05) is 13.8 Å². The Labute approximate surface area is 121 Å². The quantitative estimate of drug-likeness (QED) is 0.685. The summed E-state index contributed by atoms with van der Waals surface area (Å²) in [6.07, 6.45) is 0. The lowest BCUT2D eigenvalue weighted by molar-refractivity contribution is 0.583. The van der Waals surface area contributed by atoms with Gasteiger partial charge in [-0.2, -0.15) is 0 Å². The first kappa shape index (κ1) is 14.8. The highest BCUT2D eigenvalue weighted by Gasteiger charge is 2.10. The van der Waals surface area contributed by atoms with Crippen LogP contribution in [0.1, 0.15) is 13.8 Å². The van der Waals surface area contributed by atoms with Crippen LogP contribution in [0.25, 0.3) is 22.9 Å². The lowest BCUT2D eigenvalue weighted by Gasteiger charge is -1.95. The second-order valence-electron chi connectivity index (χ2n) is 3.93. The van der Waals surface area contributed by atoms with Gasteiger partial charge in [-0.3, -0.25) is 0 Å². The van der Waals surface area contributed by atoms with Crippen molar-refractivity contribution in [1.29, 1.82) is 0 Å². The summed E-state index contributed by atoms with van der Waals surface area (Å²) < 4.78 is 31.1. The van der Waals surface area contributed by atoms with Crippen molar-refractivity contribution in [2.75, 3.05) is 0 Å². The molecule has 0 amide bonds. The molecule has 3 rings (SSSR count). The van der Waals surface area contributed by atoms with Gasteiger partial charge in [0, 0.05) is 11.1 Å². The van der Waals surface area contributed by atoms with E-state index in [1.54, 1.807) is 24.3 Å². The van der Waals surface area contributed by atoms with Crippen molar-refractivity contribution >= 4 is 0 Å². The van der Waals surface area contributed by atoms with Crippen molar-refractivity contribution in [3.8, 4) is 22.9 Å². The van der Waals surface area contributed by atoms with Crippen LogP contribution in [0.4, 0.5) is 8.78 Å². The van der Waals surface area contributed by atoms with E-state index in [0.717, 1.165) is 0 Å². The molecule has 0 N–H and O–H groups in total. The topological polar surface area (TPSA) is 38.9 Å².